The predicted molar refractivity (Wildman–Crippen MR) is 107 cm³/mol. The van der Waals surface area contributed by atoms with Crippen LogP contribution >= 0.6 is 0 Å². The largest absolute Gasteiger partial charge is 0.416 e. The Kier molecular flexibility index (Phi) is 4.99. The van der Waals surface area contributed by atoms with Crippen molar-refractivity contribution in [2.45, 2.75) is 12.6 Å². The molecule has 2 aromatic heterocycles. The minimum absolute atomic E-state index is 0.0175. The lowest BCUT2D eigenvalue weighted by Crippen LogP contribution is -2.05. The summed E-state index contributed by atoms with van der Waals surface area (Å²) in [6, 6.07) is 18.6. The maximum absolute atomic E-state index is 13.4. The van der Waals surface area contributed by atoms with Crippen molar-refractivity contribution < 1.29 is 22.8 Å². The van der Waals surface area contributed by atoms with Gasteiger partial charge in [-0.1, -0.05) is 48.5 Å². The second kappa shape index (κ2) is 7.63. The lowest BCUT2D eigenvalue weighted by molar-refractivity contribution is -0.137. The van der Waals surface area contributed by atoms with Crippen LogP contribution in [0, 0.1) is 0 Å². The van der Waals surface area contributed by atoms with Crippen LogP contribution in [-0.2, 0) is 17.4 Å². The molecule has 0 atom stereocenters. The summed E-state index contributed by atoms with van der Waals surface area (Å²) in [6.45, 7) is 0. The normalized spacial score (nSPS) is 11.6. The summed E-state index contributed by atoms with van der Waals surface area (Å²) in [6.07, 6.45) is -1.98. The van der Waals surface area contributed by atoms with Crippen LogP contribution in [0.3, 0.4) is 0 Å². The molecule has 4 rings (SSSR count). The molecule has 0 fully saturated rings. The van der Waals surface area contributed by atoms with Gasteiger partial charge in [0.15, 0.2) is 5.78 Å². The molecule has 30 heavy (non-hydrogen) atoms. The first-order valence-electron chi connectivity index (χ1n) is 9.24. The number of aromatic nitrogens is 1. The molecule has 2 heterocycles. The standard InChI is InChI=1S/C24H16F3NO2/c25-24(26,27)18-11-9-16(10-12-18)21-20(13-15-29)28-14-5-4-8-19(28)22(21)23(30)17-6-2-1-3-7-17/h1-12,14-15H,13H2. The molecule has 0 bridgehead atoms. The molecule has 0 saturated heterocycles. The van der Waals surface area contributed by atoms with Gasteiger partial charge in [0.25, 0.3) is 0 Å². The van der Waals surface area contributed by atoms with E-state index < -0.39 is 11.7 Å². The molecule has 150 valence electrons. The van der Waals surface area contributed by atoms with Gasteiger partial charge in [-0.15, -0.1) is 0 Å². The quantitative estimate of drug-likeness (QED) is 0.319. The molecule has 0 aliphatic heterocycles. The van der Waals surface area contributed by atoms with Gasteiger partial charge in [0.1, 0.15) is 6.29 Å². The molecule has 0 radical (unpaired) electrons. The number of hydrogen-bond acceptors (Lipinski definition) is 2. The van der Waals surface area contributed by atoms with Crippen LogP contribution in [0.5, 0.6) is 0 Å². The number of carbonyl (C=O) groups excluding carboxylic acids is 2. The molecule has 2 aromatic carbocycles. The van der Waals surface area contributed by atoms with E-state index in [4.69, 9.17) is 0 Å². The number of nitrogens with zero attached hydrogens (tertiary/aromatic N) is 1. The highest BCUT2D eigenvalue weighted by molar-refractivity contribution is 6.18. The Morgan fingerprint density at radius 1 is 0.900 bits per heavy atom. The van der Waals surface area contributed by atoms with Gasteiger partial charge < -0.3 is 9.20 Å². The second-order valence-corrected chi connectivity index (χ2v) is 6.79. The van der Waals surface area contributed by atoms with Gasteiger partial charge in [0.2, 0.25) is 0 Å². The maximum Gasteiger partial charge on any atom is 0.416 e. The first-order chi connectivity index (χ1) is 14.4. The Bertz CT molecular complexity index is 1220. The zero-order chi connectivity index (χ0) is 21.3. The van der Waals surface area contributed by atoms with Crippen molar-refractivity contribution in [2.24, 2.45) is 0 Å². The molecular weight excluding hydrogens is 391 g/mol. The third kappa shape index (κ3) is 3.41. The number of benzene rings is 2. The highest BCUT2D eigenvalue weighted by Crippen LogP contribution is 2.37. The van der Waals surface area contributed by atoms with Gasteiger partial charge in [-0.05, 0) is 29.8 Å². The van der Waals surface area contributed by atoms with E-state index in [2.05, 4.69) is 0 Å². The highest BCUT2D eigenvalue weighted by Gasteiger charge is 2.31. The van der Waals surface area contributed by atoms with Crippen LogP contribution in [0.1, 0.15) is 27.2 Å². The van der Waals surface area contributed by atoms with E-state index in [-0.39, 0.29) is 12.2 Å². The number of ketones is 1. The number of hydrogen-bond donors (Lipinski definition) is 0. The fraction of sp³-hybridized carbons (Fsp3) is 0.0833. The van der Waals surface area contributed by atoms with Crippen molar-refractivity contribution in [3.05, 3.63) is 101 Å². The Morgan fingerprint density at radius 2 is 1.57 bits per heavy atom. The average molecular weight is 407 g/mol. The molecular formula is C24H16F3NO2. The van der Waals surface area contributed by atoms with Crippen LogP contribution in [-0.4, -0.2) is 16.5 Å². The van der Waals surface area contributed by atoms with E-state index in [1.54, 1.807) is 59.1 Å². The van der Waals surface area contributed by atoms with Crippen molar-refractivity contribution in [2.75, 3.05) is 0 Å². The summed E-state index contributed by atoms with van der Waals surface area (Å²) in [5.41, 5.74) is 2.11. The van der Waals surface area contributed by atoms with Crippen molar-refractivity contribution in [1.29, 1.82) is 0 Å². The number of halogens is 3. The highest BCUT2D eigenvalue weighted by atomic mass is 19.4. The number of alkyl halides is 3. The number of aldehydes is 1. The third-order valence-electron chi connectivity index (χ3n) is 4.99. The number of carbonyl (C=O) groups is 2. The summed E-state index contributed by atoms with van der Waals surface area (Å²) in [5, 5.41) is 0. The van der Waals surface area contributed by atoms with Crippen LogP contribution in [0.15, 0.2) is 79.0 Å². The van der Waals surface area contributed by atoms with Crippen LogP contribution in [0.4, 0.5) is 13.2 Å². The van der Waals surface area contributed by atoms with Gasteiger partial charge in [-0.25, -0.2) is 0 Å². The molecule has 3 nitrogen and oxygen atoms in total. The fourth-order valence-corrected chi connectivity index (χ4v) is 3.65. The topological polar surface area (TPSA) is 38.5 Å². The molecule has 0 N–H and O–H groups in total. The van der Waals surface area contributed by atoms with Gasteiger partial charge in [0, 0.05) is 29.4 Å². The SMILES string of the molecule is O=CCc1c(-c2ccc(C(F)(F)F)cc2)c(C(=O)c2ccccc2)c2ccccn12. The van der Waals surface area contributed by atoms with E-state index in [9.17, 15) is 22.8 Å². The molecule has 0 aliphatic rings. The van der Waals surface area contributed by atoms with Crippen molar-refractivity contribution in [1.82, 2.24) is 4.40 Å². The third-order valence-corrected chi connectivity index (χ3v) is 4.99. The van der Waals surface area contributed by atoms with E-state index in [1.165, 1.54) is 12.1 Å². The molecule has 0 aliphatic carbocycles. The summed E-state index contributed by atoms with van der Waals surface area (Å²) in [5.74, 6) is -0.258. The van der Waals surface area contributed by atoms with Crippen molar-refractivity contribution in [3.8, 4) is 11.1 Å². The van der Waals surface area contributed by atoms with E-state index in [0.717, 1.165) is 18.4 Å². The van der Waals surface area contributed by atoms with Gasteiger partial charge in [0.05, 0.1) is 16.6 Å². The minimum atomic E-state index is -4.46. The summed E-state index contributed by atoms with van der Waals surface area (Å²) in [4.78, 5) is 24.8. The molecule has 6 heteroatoms. The fourth-order valence-electron chi connectivity index (χ4n) is 3.65. The smallest absolute Gasteiger partial charge is 0.319 e. The van der Waals surface area contributed by atoms with Crippen molar-refractivity contribution in [3.63, 3.8) is 0 Å². The van der Waals surface area contributed by atoms with Crippen LogP contribution in [0.25, 0.3) is 16.6 Å². The Balaban J connectivity index is 2.01. The lowest BCUT2D eigenvalue weighted by atomic mass is 9.93. The zero-order valence-electron chi connectivity index (χ0n) is 15.7. The lowest BCUT2D eigenvalue weighted by Gasteiger charge is -2.10. The maximum atomic E-state index is 13.4. The molecule has 0 spiro atoms. The van der Waals surface area contributed by atoms with Crippen LogP contribution in [0.2, 0.25) is 0 Å². The summed E-state index contributed by atoms with van der Waals surface area (Å²) in [7, 11) is 0. The number of fused-ring (bicyclic) bond motifs is 1. The number of pyridine rings is 1. The average Bonchev–Trinajstić information content (AvgIpc) is 3.08. The van der Waals surface area contributed by atoms with Gasteiger partial charge in [-0.2, -0.15) is 13.2 Å². The van der Waals surface area contributed by atoms with Gasteiger partial charge in [-0.3, -0.25) is 4.79 Å². The van der Waals surface area contributed by atoms with E-state index in [1.807, 2.05) is 0 Å². The van der Waals surface area contributed by atoms with Crippen LogP contribution < -0.4 is 0 Å². The molecule has 0 amide bonds. The minimum Gasteiger partial charge on any atom is -0.319 e. The molecule has 0 unspecified atom stereocenters. The van der Waals surface area contributed by atoms with Gasteiger partial charge >= 0.3 is 6.18 Å². The zero-order valence-corrected chi connectivity index (χ0v) is 15.7. The summed E-state index contributed by atoms with van der Waals surface area (Å²) >= 11 is 0. The van der Waals surface area contributed by atoms with E-state index in [0.29, 0.717) is 33.5 Å². The van der Waals surface area contributed by atoms with E-state index >= 15 is 0 Å². The first-order valence-corrected chi connectivity index (χ1v) is 9.24. The second-order valence-electron chi connectivity index (χ2n) is 6.79. The predicted octanol–water partition coefficient (Wildman–Crippen LogP) is 5.60. The Hall–Kier alpha value is -3.67. The number of rotatable bonds is 5. The summed E-state index contributed by atoms with van der Waals surface area (Å²) < 4.78 is 40.8. The Morgan fingerprint density at radius 3 is 2.20 bits per heavy atom. The Labute approximate surface area is 170 Å². The molecule has 4 aromatic rings. The first kappa shape index (κ1) is 19.6. The molecule has 0 saturated carbocycles. The monoisotopic (exact) mass is 407 g/mol. The van der Waals surface area contributed by atoms with Crippen molar-refractivity contribution >= 4 is 17.6 Å².